The molecule has 0 saturated carbocycles. The molecular weight excluding hydrogens is 550 g/mol. The summed E-state index contributed by atoms with van der Waals surface area (Å²) >= 11 is 0. The Hall–Kier alpha value is -4.42. The molecule has 0 saturated heterocycles. The fraction of sp³-hybridized carbons (Fsp3) is 0.419. The maximum atomic E-state index is 14.0. The number of likely N-dealkylation sites (N-methyl/N-ethyl adjacent to an activating group) is 2. The molecular formula is C31H43N7O5. The van der Waals surface area contributed by atoms with Crippen molar-refractivity contribution in [1.82, 2.24) is 25.9 Å². The van der Waals surface area contributed by atoms with E-state index in [1.807, 2.05) is 54.6 Å². The minimum absolute atomic E-state index is 0.0436. The first kappa shape index (κ1) is 33.1. The molecule has 4 rings (SSSR count). The first-order valence-electron chi connectivity index (χ1n) is 14.3. The van der Waals surface area contributed by atoms with Crippen LogP contribution in [0.3, 0.4) is 0 Å². The van der Waals surface area contributed by atoms with Gasteiger partial charge in [0.05, 0.1) is 18.7 Å². The molecule has 2 heterocycles. The van der Waals surface area contributed by atoms with E-state index in [0.29, 0.717) is 31.6 Å². The third-order valence-corrected chi connectivity index (χ3v) is 7.30. The number of nitrogens with two attached hydrogens (primary N) is 2. The zero-order valence-electron chi connectivity index (χ0n) is 25.0. The number of hydrazine groups is 1. The molecule has 3 unspecified atom stereocenters. The Labute approximate surface area is 252 Å². The third kappa shape index (κ3) is 10.1. The summed E-state index contributed by atoms with van der Waals surface area (Å²) in [6.07, 6.45) is 3.20. The topological polar surface area (TPSA) is 172 Å². The molecule has 2 aliphatic heterocycles. The number of hydrogen-bond donors (Lipinski definition) is 5. The number of aldehydes is 1. The first-order valence-corrected chi connectivity index (χ1v) is 14.3. The van der Waals surface area contributed by atoms with Gasteiger partial charge >= 0.3 is 0 Å². The van der Waals surface area contributed by atoms with E-state index in [9.17, 15) is 19.2 Å². The van der Waals surface area contributed by atoms with Gasteiger partial charge in [-0.15, -0.1) is 0 Å². The van der Waals surface area contributed by atoms with E-state index in [1.54, 1.807) is 14.0 Å². The molecule has 232 valence electrons. The normalized spacial score (nSPS) is 22.9. The number of fused-ring (bicyclic) bond motifs is 16. The number of amides is 3. The van der Waals surface area contributed by atoms with Crippen LogP contribution >= 0.6 is 0 Å². The molecule has 0 aromatic heterocycles. The van der Waals surface area contributed by atoms with Crippen LogP contribution in [0.1, 0.15) is 30.9 Å². The van der Waals surface area contributed by atoms with Gasteiger partial charge in [-0.05, 0) is 43.7 Å². The van der Waals surface area contributed by atoms with Crippen LogP contribution in [-0.4, -0.2) is 85.3 Å². The zero-order chi connectivity index (χ0) is 31.4. The van der Waals surface area contributed by atoms with Crippen molar-refractivity contribution in [3.05, 3.63) is 77.6 Å². The van der Waals surface area contributed by atoms with E-state index in [1.165, 1.54) is 23.2 Å². The van der Waals surface area contributed by atoms with Crippen LogP contribution in [0.4, 0.5) is 0 Å². The number of carbonyl (C=O) groups excluding carboxylic acids is 4. The maximum Gasteiger partial charge on any atom is 0.245 e. The van der Waals surface area contributed by atoms with Crippen LogP contribution in [0.25, 0.3) is 0 Å². The Morgan fingerprint density at radius 2 is 1.84 bits per heavy atom. The molecule has 4 atom stereocenters. The predicted octanol–water partition coefficient (Wildman–Crippen LogP) is 0.224. The number of ether oxygens (including phenoxy) is 1. The van der Waals surface area contributed by atoms with Gasteiger partial charge in [-0.2, -0.15) is 0 Å². The monoisotopic (exact) mass is 593 g/mol. The van der Waals surface area contributed by atoms with Gasteiger partial charge in [0, 0.05) is 44.8 Å². The Kier molecular flexibility index (Phi) is 12.5. The maximum absolute atomic E-state index is 14.0. The highest BCUT2D eigenvalue weighted by molar-refractivity contribution is 5.93. The van der Waals surface area contributed by atoms with Crippen molar-refractivity contribution in [1.29, 1.82) is 0 Å². The van der Waals surface area contributed by atoms with Crippen LogP contribution in [0, 0.1) is 0 Å². The van der Waals surface area contributed by atoms with Crippen molar-refractivity contribution in [2.24, 2.45) is 11.6 Å². The summed E-state index contributed by atoms with van der Waals surface area (Å²) in [4.78, 5) is 53.9. The van der Waals surface area contributed by atoms with Crippen molar-refractivity contribution >= 4 is 24.0 Å². The lowest BCUT2D eigenvalue weighted by molar-refractivity contribution is -0.142. The molecule has 2 aromatic carbocycles. The van der Waals surface area contributed by atoms with Crippen LogP contribution in [0.2, 0.25) is 0 Å². The summed E-state index contributed by atoms with van der Waals surface area (Å²) < 4.78 is 5.80. The Morgan fingerprint density at radius 3 is 2.49 bits per heavy atom. The highest BCUT2D eigenvalue weighted by atomic mass is 16.5. The smallest absolute Gasteiger partial charge is 0.245 e. The van der Waals surface area contributed by atoms with Crippen molar-refractivity contribution in [2.75, 3.05) is 27.2 Å². The Morgan fingerprint density at radius 1 is 1.14 bits per heavy atom. The number of carbonyl (C=O) groups is 4. The summed E-state index contributed by atoms with van der Waals surface area (Å²) in [7, 11) is 3.14. The molecule has 0 fully saturated rings. The lowest BCUT2D eigenvalue weighted by Crippen LogP contribution is -2.58. The highest BCUT2D eigenvalue weighted by Gasteiger charge is 2.34. The summed E-state index contributed by atoms with van der Waals surface area (Å²) in [5.74, 6) is 5.37. The molecule has 2 bridgehead atoms. The average Bonchev–Trinajstić information content (AvgIpc) is 3.00. The number of benzene rings is 2. The van der Waals surface area contributed by atoms with Gasteiger partial charge in [0.15, 0.2) is 0 Å². The lowest BCUT2D eigenvalue weighted by Gasteiger charge is -2.32. The number of nitrogens with zero attached hydrogens (tertiary/aromatic N) is 2. The summed E-state index contributed by atoms with van der Waals surface area (Å²) in [5, 5.41) is 9.84. The van der Waals surface area contributed by atoms with Crippen molar-refractivity contribution in [3.8, 4) is 5.75 Å². The molecule has 0 aliphatic carbocycles. The number of nitrogens with one attached hydrogen (secondary N) is 3. The molecule has 0 spiro atoms. The summed E-state index contributed by atoms with van der Waals surface area (Å²) in [6, 6.07) is 13.1. The Balaban J connectivity index is 1.98. The average molecular weight is 594 g/mol. The van der Waals surface area contributed by atoms with Gasteiger partial charge < -0.3 is 41.1 Å². The van der Waals surface area contributed by atoms with E-state index < -0.39 is 41.9 Å². The number of rotatable bonds is 6. The largest absolute Gasteiger partial charge is 0.494 e. The Bertz CT molecular complexity index is 1250. The second-order valence-electron chi connectivity index (χ2n) is 10.7. The van der Waals surface area contributed by atoms with E-state index >= 15 is 0 Å². The minimum Gasteiger partial charge on any atom is -0.494 e. The molecule has 2 aromatic rings. The molecule has 43 heavy (non-hydrogen) atoms. The van der Waals surface area contributed by atoms with Gasteiger partial charge in [0.25, 0.3) is 0 Å². The SMILES string of the molecule is CNC(C)C(=O)NC1C/C(N)=C/N(N)CCCOc2ccc(cc2)CC(C=O)NC(=O)[C@H](Cc2ccccc2)N(C)C1=O. The van der Waals surface area contributed by atoms with E-state index in [4.69, 9.17) is 16.3 Å². The van der Waals surface area contributed by atoms with Crippen LogP contribution in [0.5, 0.6) is 5.75 Å². The van der Waals surface area contributed by atoms with Crippen molar-refractivity contribution < 1.29 is 23.9 Å². The predicted molar refractivity (Wildman–Crippen MR) is 163 cm³/mol. The van der Waals surface area contributed by atoms with Crippen LogP contribution in [0.15, 0.2) is 66.5 Å². The van der Waals surface area contributed by atoms with Crippen molar-refractivity contribution in [2.45, 2.75) is 56.8 Å². The molecule has 12 nitrogen and oxygen atoms in total. The van der Waals surface area contributed by atoms with Gasteiger partial charge in [-0.25, -0.2) is 5.84 Å². The fourth-order valence-corrected chi connectivity index (χ4v) is 4.66. The van der Waals surface area contributed by atoms with Gasteiger partial charge in [-0.3, -0.25) is 14.4 Å². The quantitative estimate of drug-likeness (QED) is 0.232. The van der Waals surface area contributed by atoms with E-state index in [0.717, 1.165) is 11.1 Å². The second-order valence-corrected chi connectivity index (χ2v) is 10.7. The molecule has 0 radical (unpaired) electrons. The first-order chi connectivity index (χ1) is 20.6. The van der Waals surface area contributed by atoms with Gasteiger partial charge in [0.2, 0.25) is 17.7 Å². The standard InChI is InChI=1S/C31H43N7O5/c1-21(34-2)29(40)36-27-18-24(32)19-38(33)14-7-15-43-26-12-10-23(11-13-26)16-25(20-39)35-30(41)28(37(3)31(27)42)17-22-8-5-4-6-9-22/h4-6,8-13,19-21,25,27-28,34H,7,14-18,32-33H2,1-3H3,(H,35,41)(H,36,40)/b24-19-/t21?,25?,27?,28-/m0/s1. The molecule has 12 heteroatoms. The van der Waals surface area contributed by atoms with Crippen LogP contribution in [-0.2, 0) is 32.0 Å². The summed E-state index contributed by atoms with van der Waals surface area (Å²) in [6.45, 7) is 2.50. The molecule has 3 amide bonds. The highest BCUT2D eigenvalue weighted by Crippen LogP contribution is 2.16. The van der Waals surface area contributed by atoms with Gasteiger partial charge in [0.1, 0.15) is 24.1 Å². The second kappa shape index (κ2) is 16.3. The third-order valence-electron chi connectivity index (χ3n) is 7.30. The van der Waals surface area contributed by atoms with Gasteiger partial charge in [-0.1, -0.05) is 42.5 Å². The fourth-order valence-electron chi connectivity index (χ4n) is 4.66. The molecule has 7 N–H and O–H groups in total. The molecule has 2 aliphatic rings. The van der Waals surface area contributed by atoms with Crippen LogP contribution < -0.4 is 32.3 Å². The summed E-state index contributed by atoms with van der Waals surface area (Å²) in [5.41, 5.74) is 8.21. The number of hydrogen-bond acceptors (Lipinski definition) is 9. The van der Waals surface area contributed by atoms with Crippen molar-refractivity contribution in [3.63, 3.8) is 0 Å². The minimum atomic E-state index is -1.09. The lowest BCUT2D eigenvalue weighted by atomic mass is 10.0. The zero-order valence-corrected chi connectivity index (χ0v) is 25.0. The van der Waals surface area contributed by atoms with E-state index in [2.05, 4.69) is 16.0 Å². The van der Waals surface area contributed by atoms with E-state index in [-0.39, 0.29) is 25.0 Å².